The van der Waals surface area contributed by atoms with Crippen molar-refractivity contribution >= 4 is 17.5 Å². The number of hydrogen-bond acceptors (Lipinski definition) is 3. The van der Waals surface area contributed by atoms with Gasteiger partial charge in [-0.1, -0.05) is 0 Å². The van der Waals surface area contributed by atoms with Crippen molar-refractivity contribution in [3.05, 3.63) is 23.8 Å². The van der Waals surface area contributed by atoms with Crippen molar-refractivity contribution in [1.29, 1.82) is 0 Å². The number of amides is 1. The number of hydrogen-bond donors (Lipinski definition) is 2. The SMILES string of the molecule is COc1ccc(C(=O)NCC2(CCl)CC2)cc1O. The van der Waals surface area contributed by atoms with E-state index in [9.17, 15) is 9.90 Å². The molecule has 0 unspecified atom stereocenters. The Hall–Kier alpha value is -1.42. The molecular formula is C13H16ClNO3. The summed E-state index contributed by atoms with van der Waals surface area (Å²) in [7, 11) is 1.46. The monoisotopic (exact) mass is 269 g/mol. The summed E-state index contributed by atoms with van der Waals surface area (Å²) >= 11 is 5.84. The van der Waals surface area contributed by atoms with E-state index >= 15 is 0 Å². The molecule has 0 atom stereocenters. The third-order valence-corrected chi connectivity index (χ3v) is 3.87. The Labute approximate surface area is 111 Å². The van der Waals surface area contributed by atoms with Crippen LogP contribution < -0.4 is 10.1 Å². The van der Waals surface area contributed by atoms with Crippen molar-refractivity contribution in [3.8, 4) is 11.5 Å². The molecule has 2 rings (SSSR count). The molecule has 1 aliphatic rings. The minimum Gasteiger partial charge on any atom is -0.504 e. The summed E-state index contributed by atoms with van der Waals surface area (Å²) in [5.74, 6) is 0.681. The molecule has 0 radical (unpaired) electrons. The minimum atomic E-state index is -0.204. The molecule has 0 saturated heterocycles. The first-order valence-corrected chi connectivity index (χ1v) is 6.35. The molecule has 1 aliphatic carbocycles. The summed E-state index contributed by atoms with van der Waals surface area (Å²) < 4.78 is 4.92. The number of aromatic hydroxyl groups is 1. The standard InChI is InChI=1S/C13H16ClNO3/c1-18-11-3-2-9(6-10(11)16)12(17)15-8-13(7-14)4-5-13/h2-3,6,16H,4-5,7-8H2,1H3,(H,15,17). The molecule has 1 fully saturated rings. The maximum Gasteiger partial charge on any atom is 0.251 e. The summed E-state index contributed by atoms with van der Waals surface area (Å²) in [5.41, 5.74) is 0.504. The van der Waals surface area contributed by atoms with Gasteiger partial charge in [0.25, 0.3) is 5.91 Å². The number of methoxy groups -OCH3 is 1. The second-order valence-corrected chi connectivity index (χ2v) is 4.97. The van der Waals surface area contributed by atoms with E-state index in [0.717, 1.165) is 12.8 Å². The highest BCUT2D eigenvalue weighted by Crippen LogP contribution is 2.45. The topological polar surface area (TPSA) is 58.6 Å². The van der Waals surface area contributed by atoms with Gasteiger partial charge in [-0.15, -0.1) is 11.6 Å². The number of benzene rings is 1. The number of alkyl halides is 1. The van der Waals surface area contributed by atoms with Gasteiger partial charge in [0, 0.05) is 23.4 Å². The fourth-order valence-corrected chi connectivity index (χ4v) is 2.10. The molecule has 1 aromatic carbocycles. The van der Waals surface area contributed by atoms with Gasteiger partial charge in [0.1, 0.15) is 0 Å². The maximum absolute atomic E-state index is 11.9. The van der Waals surface area contributed by atoms with Crippen LogP contribution in [0.25, 0.3) is 0 Å². The zero-order valence-corrected chi connectivity index (χ0v) is 11.0. The van der Waals surface area contributed by atoms with Crippen LogP contribution in [0.2, 0.25) is 0 Å². The van der Waals surface area contributed by atoms with E-state index in [2.05, 4.69) is 5.32 Å². The van der Waals surface area contributed by atoms with E-state index in [1.807, 2.05) is 0 Å². The van der Waals surface area contributed by atoms with Crippen molar-refractivity contribution in [2.75, 3.05) is 19.5 Å². The molecule has 5 heteroatoms. The normalized spacial score (nSPS) is 16.1. The maximum atomic E-state index is 11.9. The highest BCUT2D eigenvalue weighted by molar-refractivity contribution is 6.18. The Morgan fingerprint density at radius 2 is 2.28 bits per heavy atom. The fourth-order valence-electron chi connectivity index (χ4n) is 1.74. The van der Waals surface area contributed by atoms with Gasteiger partial charge in [-0.25, -0.2) is 0 Å². The second kappa shape index (κ2) is 5.06. The van der Waals surface area contributed by atoms with Gasteiger partial charge in [0.05, 0.1) is 7.11 Å². The van der Waals surface area contributed by atoms with Crippen LogP contribution in [0.4, 0.5) is 0 Å². The number of rotatable bonds is 5. The first-order chi connectivity index (χ1) is 8.60. The lowest BCUT2D eigenvalue weighted by molar-refractivity contribution is 0.0946. The van der Waals surface area contributed by atoms with Crippen LogP contribution >= 0.6 is 11.6 Å². The number of halogens is 1. The second-order valence-electron chi connectivity index (χ2n) is 4.70. The summed E-state index contributed by atoms with van der Waals surface area (Å²) in [5, 5.41) is 12.4. The van der Waals surface area contributed by atoms with Crippen LogP contribution in [0.3, 0.4) is 0 Å². The molecule has 0 heterocycles. The predicted octanol–water partition coefficient (Wildman–Crippen LogP) is 2.15. The van der Waals surface area contributed by atoms with Gasteiger partial charge in [0.2, 0.25) is 0 Å². The van der Waals surface area contributed by atoms with E-state index in [-0.39, 0.29) is 17.1 Å². The first-order valence-electron chi connectivity index (χ1n) is 5.81. The van der Waals surface area contributed by atoms with Crippen LogP contribution in [0.5, 0.6) is 11.5 Å². The number of carbonyl (C=O) groups is 1. The Morgan fingerprint density at radius 1 is 1.56 bits per heavy atom. The Bertz CT molecular complexity index is 458. The van der Waals surface area contributed by atoms with E-state index < -0.39 is 0 Å². The van der Waals surface area contributed by atoms with E-state index in [0.29, 0.717) is 23.7 Å². The lowest BCUT2D eigenvalue weighted by Gasteiger charge is -2.12. The van der Waals surface area contributed by atoms with Crippen LogP contribution in [-0.2, 0) is 0 Å². The van der Waals surface area contributed by atoms with Gasteiger partial charge in [0.15, 0.2) is 11.5 Å². The highest BCUT2D eigenvalue weighted by atomic mass is 35.5. The lowest BCUT2D eigenvalue weighted by Crippen LogP contribution is -2.30. The summed E-state index contributed by atoms with van der Waals surface area (Å²) in [4.78, 5) is 11.9. The molecule has 0 aliphatic heterocycles. The van der Waals surface area contributed by atoms with E-state index in [1.54, 1.807) is 12.1 Å². The Kier molecular flexibility index (Phi) is 3.66. The molecular weight excluding hydrogens is 254 g/mol. The molecule has 1 aromatic rings. The molecule has 0 bridgehead atoms. The van der Waals surface area contributed by atoms with Crippen LogP contribution in [0, 0.1) is 5.41 Å². The van der Waals surface area contributed by atoms with Gasteiger partial charge >= 0.3 is 0 Å². The third kappa shape index (κ3) is 2.70. The summed E-state index contributed by atoms with van der Waals surface area (Å²) in [6.45, 7) is 0.585. The number of nitrogens with one attached hydrogen (secondary N) is 1. The third-order valence-electron chi connectivity index (χ3n) is 3.31. The molecule has 4 nitrogen and oxygen atoms in total. The van der Waals surface area contributed by atoms with Crippen molar-refractivity contribution in [2.45, 2.75) is 12.8 Å². The van der Waals surface area contributed by atoms with Crippen molar-refractivity contribution in [2.24, 2.45) is 5.41 Å². The minimum absolute atomic E-state index is 0.0383. The fraction of sp³-hybridized carbons (Fsp3) is 0.462. The molecule has 0 aromatic heterocycles. The van der Waals surface area contributed by atoms with E-state index in [1.165, 1.54) is 13.2 Å². The average molecular weight is 270 g/mol. The van der Waals surface area contributed by atoms with Gasteiger partial charge < -0.3 is 15.2 Å². The molecule has 98 valence electrons. The summed E-state index contributed by atoms with van der Waals surface area (Å²) in [6.07, 6.45) is 2.12. The van der Waals surface area contributed by atoms with Gasteiger partial charge in [-0.05, 0) is 31.0 Å². The highest BCUT2D eigenvalue weighted by Gasteiger charge is 2.41. The zero-order chi connectivity index (χ0) is 13.2. The zero-order valence-electron chi connectivity index (χ0n) is 10.2. The van der Waals surface area contributed by atoms with Crippen LogP contribution in [0.1, 0.15) is 23.2 Å². The number of phenols is 1. The first kappa shape index (κ1) is 13.0. The smallest absolute Gasteiger partial charge is 0.251 e. The van der Waals surface area contributed by atoms with Crippen molar-refractivity contribution in [3.63, 3.8) is 0 Å². The Balaban J connectivity index is 1.98. The molecule has 18 heavy (non-hydrogen) atoms. The molecule has 0 spiro atoms. The Morgan fingerprint density at radius 3 is 2.78 bits per heavy atom. The molecule has 1 saturated carbocycles. The quantitative estimate of drug-likeness (QED) is 0.806. The average Bonchev–Trinajstić information content (AvgIpc) is 3.16. The van der Waals surface area contributed by atoms with Crippen LogP contribution in [0.15, 0.2) is 18.2 Å². The molecule has 2 N–H and O–H groups in total. The lowest BCUT2D eigenvalue weighted by atomic mass is 10.1. The van der Waals surface area contributed by atoms with Gasteiger partial charge in [-0.3, -0.25) is 4.79 Å². The molecule has 1 amide bonds. The predicted molar refractivity (Wildman–Crippen MR) is 69.4 cm³/mol. The number of carbonyl (C=O) groups excluding carboxylic acids is 1. The number of ether oxygens (including phenoxy) is 1. The number of phenolic OH excluding ortho intramolecular Hbond substituents is 1. The van der Waals surface area contributed by atoms with Crippen molar-refractivity contribution in [1.82, 2.24) is 5.32 Å². The van der Waals surface area contributed by atoms with Crippen LogP contribution in [-0.4, -0.2) is 30.5 Å². The van der Waals surface area contributed by atoms with E-state index in [4.69, 9.17) is 16.3 Å². The van der Waals surface area contributed by atoms with Gasteiger partial charge in [-0.2, -0.15) is 0 Å². The largest absolute Gasteiger partial charge is 0.504 e. The summed E-state index contributed by atoms with van der Waals surface area (Å²) in [6, 6.07) is 4.58. The van der Waals surface area contributed by atoms with Crippen molar-refractivity contribution < 1.29 is 14.6 Å².